The fourth-order valence-corrected chi connectivity index (χ4v) is 2.23. The third-order valence-corrected chi connectivity index (χ3v) is 4.17. The standard InChI is InChI=1S/C11H19NO3S/c1-2-16(13,14)10-4-7-12-8-6-11-5-3-9-15-11/h3,5,9,12H,2,4,6-8,10H2,1H3. The van der Waals surface area contributed by atoms with Crippen LogP contribution in [0.3, 0.4) is 0 Å². The predicted molar refractivity (Wildman–Crippen MR) is 64.2 cm³/mol. The number of rotatable bonds is 8. The highest BCUT2D eigenvalue weighted by Crippen LogP contribution is 1.99. The fourth-order valence-electron chi connectivity index (χ4n) is 1.35. The van der Waals surface area contributed by atoms with E-state index in [2.05, 4.69) is 5.32 Å². The molecular formula is C11H19NO3S. The molecule has 1 heterocycles. The van der Waals surface area contributed by atoms with E-state index in [9.17, 15) is 8.42 Å². The first kappa shape index (κ1) is 13.3. The zero-order valence-corrected chi connectivity index (χ0v) is 10.4. The van der Waals surface area contributed by atoms with E-state index in [0.29, 0.717) is 6.42 Å². The van der Waals surface area contributed by atoms with Crippen LogP contribution in [0.25, 0.3) is 0 Å². The summed E-state index contributed by atoms with van der Waals surface area (Å²) in [6.45, 7) is 3.24. The molecule has 0 amide bonds. The van der Waals surface area contributed by atoms with Crippen molar-refractivity contribution in [3.8, 4) is 0 Å². The lowest BCUT2D eigenvalue weighted by molar-refractivity contribution is 0.498. The number of sulfone groups is 1. The number of furan rings is 1. The molecule has 0 saturated carbocycles. The SMILES string of the molecule is CCS(=O)(=O)CCCNCCc1ccco1. The Hall–Kier alpha value is -0.810. The zero-order valence-electron chi connectivity index (χ0n) is 9.61. The van der Waals surface area contributed by atoms with Gasteiger partial charge in [0.2, 0.25) is 0 Å². The van der Waals surface area contributed by atoms with E-state index in [-0.39, 0.29) is 11.5 Å². The van der Waals surface area contributed by atoms with Gasteiger partial charge in [-0.15, -0.1) is 0 Å². The molecular weight excluding hydrogens is 226 g/mol. The highest BCUT2D eigenvalue weighted by Gasteiger charge is 2.05. The lowest BCUT2D eigenvalue weighted by atomic mass is 10.3. The second-order valence-corrected chi connectivity index (χ2v) is 6.14. The maximum absolute atomic E-state index is 11.2. The molecule has 0 atom stereocenters. The minimum Gasteiger partial charge on any atom is -0.469 e. The molecule has 0 fully saturated rings. The van der Waals surface area contributed by atoms with E-state index in [0.717, 1.165) is 25.3 Å². The summed E-state index contributed by atoms with van der Waals surface area (Å²) >= 11 is 0. The summed E-state index contributed by atoms with van der Waals surface area (Å²) in [6.07, 6.45) is 3.17. The Labute approximate surface area is 97.0 Å². The van der Waals surface area contributed by atoms with Crippen LogP contribution < -0.4 is 5.32 Å². The van der Waals surface area contributed by atoms with E-state index in [4.69, 9.17) is 4.42 Å². The van der Waals surface area contributed by atoms with Gasteiger partial charge in [0.15, 0.2) is 0 Å². The minimum absolute atomic E-state index is 0.236. The second kappa shape index (κ2) is 6.70. The summed E-state index contributed by atoms with van der Waals surface area (Å²) in [6, 6.07) is 3.80. The van der Waals surface area contributed by atoms with Gasteiger partial charge >= 0.3 is 0 Å². The molecule has 16 heavy (non-hydrogen) atoms. The molecule has 0 spiro atoms. The molecule has 4 nitrogen and oxygen atoms in total. The molecule has 1 aromatic heterocycles. The highest BCUT2D eigenvalue weighted by atomic mass is 32.2. The van der Waals surface area contributed by atoms with Crippen LogP contribution in [0, 0.1) is 0 Å². The van der Waals surface area contributed by atoms with Crippen molar-refractivity contribution in [1.29, 1.82) is 0 Å². The van der Waals surface area contributed by atoms with Gasteiger partial charge in [-0.3, -0.25) is 0 Å². The average molecular weight is 245 g/mol. The van der Waals surface area contributed by atoms with Gasteiger partial charge in [0.05, 0.1) is 12.0 Å². The molecule has 92 valence electrons. The van der Waals surface area contributed by atoms with E-state index in [1.54, 1.807) is 13.2 Å². The summed E-state index contributed by atoms with van der Waals surface area (Å²) in [5.74, 6) is 1.46. The Kier molecular flexibility index (Phi) is 5.55. The van der Waals surface area contributed by atoms with Crippen molar-refractivity contribution in [2.45, 2.75) is 19.8 Å². The van der Waals surface area contributed by atoms with Crippen molar-refractivity contribution in [3.63, 3.8) is 0 Å². The van der Waals surface area contributed by atoms with Crippen molar-refractivity contribution in [2.75, 3.05) is 24.6 Å². The van der Waals surface area contributed by atoms with Crippen LogP contribution >= 0.6 is 0 Å². The van der Waals surface area contributed by atoms with Crippen LogP contribution in [0.2, 0.25) is 0 Å². The second-order valence-electron chi connectivity index (χ2n) is 3.67. The first-order chi connectivity index (χ1) is 7.64. The van der Waals surface area contributed by atoms with Crippen LogP contribution in [0.15, 0.2) is 22.8 Å². The molecule has 0 saturated heterocycles. The summed E-state index contributed by atoms with van der Waals surface area (Å²) < 4.78 is 27.5. The summed E-state index contributed by atoms with van der Waals surface area (Å²) in [7, 11) is -2.81. The van der Waals surface area contributed by atoms with Crippen molar-refractivity contribution in [3.05, 3.63) is 24.2 Å². The third kappa shape index (κ3) is 5.32. The molecule has 0 radical (unpaired) electrons. The summed E-state index contributed by atoms with van der Waals surface area (Å²) in [4.78, 5) is 0. The van der Waals surface area contributed by atoms with Crippen LogP contribution in [-0.2, 0) is 16.3 Å². The maximum Gasteiger partial charge on any atom is 0.150 e. The van der Waals surface area contributed by atoms with Gasteiger partial charge in [-0.05, 0) is 25.1 Å². The lowest BCUT2D eigenvalue weighted by Gasteiger charge is -2.03. The highest BCUT2D eigenvalue weighted by molar-refractivity contribution is 7.91. The molecule has 1 rings (SSSR count). The molecule has 0 unspecified atom stereocenters. The average Bonchev–Trinajstić information content (AvgIpc) is 2.76. The fraction of sp³-hybridized carbons (Fsp3) is 0.636. The van der Waals surface area contributed by atoms with Gasteiger partial charge in [-0.25, -0.2) is 8.42 Å². The first-order valence-corrected chi connectivity index (χ1v) is 7.39. The van der Waals surface area contributed by atoms with E-state index >= 15 is 0 Å². The van der Waals surface area contributed by atoms with Crippen LogP contribution in [0.4, 0.5) is 0 Å². The van der Waals surface area contributed by atoms with Gasteiger partial charge in [-0.1, -0.05) is 6.92 Å². The summed E-state index contributed by atoms with van der Waals surface area (Å²) in [5, 5.41) is 3.20. The van der Waals surface area contributed by atoms with Gasteiger partial charge in [0.25, 0.3) is 0 Å². The summed E-state index contributed by atoms with van der Waals surface area (Å²) in [5.41, 5.74) is 0. The molecule has 5 heteroatoms. The van der Waals surface area contributed by atoms with Gasteiger partial charge in [0.1, 0.15) is 15.6 Å². The molecule has 0 aliphatic heterocycles. The van der Waals surface area contributed by atoms with Gasteiger partial charge < -0.3 is 9.73 Å². The molecule has 0 aliphatic carbocycles. The molecule has 0 aromatic carbocycles. The van der Waals surface area contributed by atoms with Crippen molar-refractivity contribution in [2.24, 2.45) is 0 Å². The lowest BCUT2D eigenvalue weighted by Crippen LogP contribution is -2.21. The first-order valence-electron chi connectivity index (χ1n) is 5.57. The monoisotopic (exact) mass is 245 g/mol. The van der Waals surface area contributed by atoms with Crippen LogP contribution in [-0.4, -0.2) is 33.0 Å². The largest absolute Gasteiger partial charge is 0.469 e. The van der Waals surface area contributed by atoms with E-state index < -0.39 is 9.84 Å². The van der Waals surface area contributed by atoms with Gasteiger partial charge in [-0.2, -0.15) is 0 Å². The topological polar surface area (TPSA) is 59.3 Å². The third-order valence-electron chi connectivity index (χ3n) is 2.38. The van der Waals surface area contributed by atoms with Crippen molar-refractivity contribution >= 4 is 9.84 Å². The predicted octanol–water partition coefficient (Wildman–Crippen LogP) is 1.24. The van der Waals surface area contributed by atoms with Crippen LogP contribution in [0.5, 0.6) is 0 Å². The Bertz CT molecular complexity index is 370. The number of hydrogen-bond donors (Lipinski definition) is 1. The minimum atomic E-state index is -2.81. The Balaban J connectivity index is 2.01. The zero-order chi connectivity index (χ0) is 11.9. The number of nitrogens with one attached hydrogen (secondary N) is 1. The van der Waals surface area contributed by atoms with Crippen LogP contribution in [0.1, 0.15) is 19.1 Å². The maximum atomic E-state index is 11.2. The Morgan fingerprint density at radius 2 is 2.19 bits per heavy atom. The molecule has 1 N–H and O–H groups in total. The van der Waals surface area contributed by atoms with E-state index in [1.165, 1.54) is 0 Å². The Morgan fingerprint density at radius 3 is 2.81 bits per heavy atom. The Morgan fingerprint density at radius 1 is 1.38 bits per heavy atom. The van der Waals surface area contributed by atoms with Gasteiger partial charge in [0, 0.05) is 18.7 Å². The normalized spacial score (nSPS) is 11.8. The molecule has 0 aliphatic rings. The quantitative estimate of drug-likeness (QED) is 0.700. The van der Waals surface area contributed by atoms with E-state index in [1.807, 2.05) is 12.1 Å². The molecule has 0 bridgehead atoms. The smallest absolute Gasteiger partial charge is 0.150 e. The van der Waals surface area contributed by atoms with Crippen molar-refractivity contribution in [1.82, 2.24) is 5.32 Å². The van der Waals surface area contributed by atoms with Crippen molar-refractivity contribution < 1.29 is 12.8 Å². The number of hydrogen-bond acceptors (Lipinski definition) is 4. The molecule has 1 aromatic rings.